The quantitative estimate of drug-likeness (QED) is 0.680. The predicted molar refractivity (Wildman–Crippen MR) is 76.3 cm³/mol. The molecule has 0 radical (unpaired) electrons. The fourth-order valence-electron chi connectivity index (χ4n) is 1.79. The highest BCUT2D eigenvalue weighted by atomic mass is 35.5. The van der Waals surface area contributed by atoms with Crippen molar-refractivity contribution in [3.8, 4) is 11.5 Å². The summed E-state index contributed by atoms with van der Waals surface area (Å²) in [6.45, 7) is 1.53. The van der Waals surface area contributed by atoms with Gasteiger partial charge in [-0.25, -0.2) is 4.79 Å². The number of rotatable bonds is 4. The number of nitro groups is 1. The molecule has 21 heavy (non-hydrogen) atoms. The minimum Gasteiger partial charge on any atom is -0.478 e. The van der Waals surface area contributed by atoms with Crippen molar-refractivity contribution in [3.05, 3.63) is 62.7 Å². The van der Waals surface area contributed by atoms with Crippen LogP contribution in [0, 0.1) is 17.0 Å². The number of carbonyl (C=O) groups is 1. The summed E-state index contributed by atoms with van der Waals surface area (Å²) in [5, 5.41) is 20.3. The molecule has 0 aromatic heterocycles. The molecule has 0 aliphatic heterocycles. The largest absolute Gasteiger partial charge is 0.478 e. The van der Waals surface area contributed by atoms with Gasteiger partial charge in [-0.05, 0) is 25.1 Å². The van der Waals surface area contributed by atoms with Gasteiger partial charge in [0, 0.05) is 17.2 Å². The summed E-state index contributed by atoms with van der Waals surface area (Å²) in [4.78, 5) is 21.5. The third-order valence-electron chi connectivity index (χ3n) is 2.85. The molecule has 0 unspecified atom stereocenters. The number of ether oxygens (including phenoxy) is 1. The summed E-state index contributed by atoms with van der Waals surface area (Å²) >= 11 is 5.83. The first-order valence-corrected chi connectivity index (χ1v) is 6.22. The molecule has 7 heteroatoms. The van der Waals surface area contributed by atoms with Crippen LogP contribution in [0.3, 0.4) is 0 Å². The first-order valence-electron chi connectivity index (χ1n) is 5.85. The van der Waals surface area contributed by atoms with Crippen molar-refractivity contribution in [3.63, 3.8) is 0 Å². The third-order valence-corrected chi connectivity index (χ3v) is 3.08. The Kier molecular flexibility index (Phi) is 4.09. The van der Waals surface area contributed by atoms with Crippen LogP contribution < -0.4 is 4.74 Å². The van der Waals surface area contributed by atoms with Gasteiger partial charge in [0.15, 0.2) is 0 Å². The smallest absolute Gasteiger partial charge is 0.339 e. The van der Waals surface area contributed by atoms with Crippen LogP contribution in [0.25, 0.3) is 0 Å². The first-order chi connectivity index (χ1) is 9.90. The van der Waals surface area contributed by atoms with Gasteiger partial charge in [-0.1, -0.05) is 17.7 Å². The van der Waals surface area contributed by atoms with E-state index in [9.17, 15) is 14.9 Å². The number of carboxylic acid groups (broad SMARTS) is 1. The number of hydrogen-bond donors (Lipinski definition) is 1. The molecule has 0 saturated carbocycles. The molecule has 2 aromatic rings. The maximum atomic E-state index is 11.2. The number of carboxylic acids is 1. The molecule has 0 fully saturated rings. The second kappa shape index (κ2) is 5.80. The van der Waals surface area contributed by atoms with Crippen LogP contribution in [0.15, 0.2) is 36.4 Å². The minimum atomic E-state index is -1.18. The fourth-order valence-corrected chi connectivity index (χ4v) is 1.95. The van der Waals surface area contributed by atoms with Gasteiger partial charge in [0.1, 0.15) is 17.1 Å². The van der Waals surface area contributed by atoms with E-state index < -0.39 is 10.9 Å². The molecule has 6 nitrogen and oxygen atoms in total. The van der Waals surface area contributed by atoms with Crippen molar-refractivity contribution < 1.29 is 19.6 Å². The summed E-state index contributed by atoms with van der Waals surface area (Å²) in [6, 6.07) is 8.42. The second-order valence-electron chi connectivity index (χ2n) is 4.21. The summed E-state index contributed by atoms with van der Waals surface area (Å²) in [5.74, 6) is -0.947. The van der Waals surface area contributed by atoms with E-state index in [-0.39, 0.29) is 22.7 Å². The molecule has 2 rings (SSSR count). The van der Waals surface area contributed by atoms with E-state index in [1.165, 1.54) is 43.3 Å². The van der Waals surface area contributed by atoms with Gasteiger partial charge in [-0.3, -0.25) is 10.1 Å². The highest BCUT2D eigenvalue weighted by Crippen LogP contribution is 2.33. The number of aromatic carboxylic acids is 1. The van der Waals surface area contributed by atoms with Crippen LogP contribution in [-0.4, -0.2) is 16.0 Å². The molecule has 0 atom stereocenters. The monoisotopic (exact) mass is 307 g/mol. The first kappa shape index (κ1) is 14.8. The zero-order chi connectivity index (χ0) is 15.6. The standard InChI is InChI=1S/C14H10ClNO5/c1-8-11(16(19)20)3-2-4-12(8)21-13-7-9(15)5-6-10(13)14(17)18/h2-7H,1H3,(H,17,18). The minimum absolute atomic E-state index is 0.0265. The van der Waals surface area contributed by atoms with E-state index in [2.05, 4.69) is 0 Å². The van der Waals surface area contributed by atoms with Crippen molar-refractivity contribution in [2.24, 2.45) is 0 Å². The van der Waals surface area contributed by atoms with Crippen molar-refractivity contribution >= 4 is 23.3 Å². The Morgan fingerprint density at radius 1 is 1.29 bits per heavy atom. The zero-order valence-electron chi connectivity index (χ0n) is 10.9. The molecule has 2 aromatic carbocycles. The maximum Gasteiger partial charge on any atom is 0.339 e. The topological polar surface area (TPSA) is 89.7 Å². The van der Waals surface area contributed by atoms with Gasteiger partial charge in [0.05, 0.1) is 10.5 Å². The SMILES string of the molecule is Cc1c(Oc2cc(Cl)ccc2C(=O)O)cccc1[N+](=O)[O-]. The molecule has 1 N–H and O–H groups in total. The van der Waals surface area contributed by atoms with Gasteiger partial charge >= 0.3 is 5.97 Å². The predicted octanol–water partition coefficient (Wildman–Crippen LogP) is 4.05. The van der Waals surface area contributed by atoms with E-state index in [0.29, 0.717) is 10.6 Å². The van der Waals surface area contributed by atoms with E-state index in [1.54, 1.807) is 0 Å². The van der Waals surface area contributed by atoms with Crippen LogP contribution in [-0.2, 0) is 0 Å². The lowest BCUT2D eigenvalue weighted by atomic mass is 10.1. The molecule has 0 spiro atoms. The van der Waals surface area contributed by atoms with Gasteiger partial charge in [-0.2, -0.15) is 0 Å². The molecule has 0 saturated heterocycles. The third kappa shape index (κ3) is 3.11. The number of halogens is 1. The maximum absolute atomic E-state index is 11.2. The summed E-state index contributed by atoms with van der Waals surface area (Å²) < 4.78 is 5.50. The van der Waals surface area contributed by atoms with Crippen molar-refractivity contribution in [1.29, 1.82) is 0 Å². The Labute approximate surface area is 124 Å². The van der Waals surface area contributed by atoms with Crippen LogP contribution >= 0.6 is 11.6 Å². The molecule has 0 aliphatic carbocycles. The Morgan fingerprint density at radius 3 is 2.62 bits per heavy atom. The number of benzene rings is 2. The highest BCUT2D eigenvalue weighted by molar-refractivity contribution is 6.30. The van der Waals surface area contributed by atoms with Gasteiger partial charge in [0.2, 0.25) is 0 Å². The number of hydrogen-bond acceptors (Lipinski definition) is 4. The molecule has 0 aliphatic rings. The Hall–Kier alpha value is -2.60. The molecule has 0 amide bonds. The molecular weight excluding hydrogens is 298 g/mol. The van der Waals surface area contributed by atoms with Crippen LogP contribution in [0.4, 0.5) is 5.69 Å². The molecule has 0 bridgehead atoms. The Morgan fingerprint density at radius 2 is 2.00 bits per heavy atom. The van der Waals surface area contributed by atoms with Crippen LogP contribution in [0.1, 0.15) is 15.9 Å². The highest BCUT2D eigenvalue weighted by Gasteiger charge is 2.17. The van der Waals surface area contributed by atoms with E-state index in [0.717, 1.165) is 0 Å². The molecule has 108 valence electrons. The van der Waals surface area contributed by atoms with E-state index >= 15 is 0 Å². The summed E-state index contributed by atoms with van der Waals surface area (Å²) in [6.07, 6.45) is 0. The Balaban J connectivity index is 2.48. The van der Waals surface area contributed by atoms with Gasteiger partial charge in [-0.15, -0.1) is 0 Å². The average molecular weight is 308 g/mol. The fraction of sp³-hybridized carbons (Fsp3) is 0.0714. The van der Waals surface area contributed by atoms with Crippen molar-refractivity contribution in [2.75, 3.05) is 0 Å². The molecule has 0 heterocycles. The number of nitro benzene ring substituents is 1. The lowest BCUT2D eigenvalue weighted by Crippen LogP contribution is -2.01. The van der Waals surface area contributed by atoms with Crippen LogP contribution in [0.5, 0.6) is 11.5 Å². The van der Waals surface area contributed by atoms with Gasteiger partial charge < -0.3 is 9.84 Å². The lowest BCUT2D eigenvalue weighted by Gasteiger charge is -2.11. The number of nitrogens with zero attached hydrogens (tertiary/aromatic N) is 1. The molecular formula is C14H10ClNO5. The zero-order valence-corrected chi connectivity index (χ0v) is 11.6. The van der Waals surface area contributed by atoms with Crippen LogP contribution in [0.2, 0.25) is 5.02 Å². The van der Waals surface area contributed by atoms with E-state index in [1.807, 2.05) is 0 Å². The van der Waals surface area contributed by atoms with E-state index in [4.69, 9.17) is 21.4 Å². The Bertz CT molecular complexity index is 729. The second-order valence-corrected chi connectivity index (χ2v) is 4.64. The van der Waals surface area contributed by atoms with Crippen molar-refractivity contribution in [1.82, 2.24) is 0 Å². The normalized spacial score (nSPS) is 10.2. The summed E-state index contributed by atoms with van der Waals surface area (Å²) in [7, 11) is 0. The van der Waals surface area contributed by atoms with Gasteiger partial charge in [0.25, 0.3) is 5.69 Å². The average Bonchev–Trinajstić information content (AvgIpc) is 2.40. The summed E-state index contributed by atoms with van der Waals surface area (Å²) in [5.41, 5.74) is 0.121. The lowest BCUT2D eigenvalue weighted by molar-refractivity contribution is -0.385. The van der Waals surface area contributed by atoms with Crippen molar-refractivity contribution in [2.45, 2.75) is 6.92 Å².